The Bertz CT molecular complexity index is 720. The van der Waals surface area contributed by atoms with Crippen LogP contribution in [0, 0.1) is 0 Å². The minimum absolute atomic E-state index is 0.000340. The minimum atomic E-state index is -0.0748. The van der Waals surface area contributed by atoms with E-state index in [1.165, 1.54) is 0 Å². The first kappa shape index (κ1) is 18.7. The number of halogens is 1. The van der Waals surface area contributed by atoms with Gasteiger partial charge in [-0.1, -0.05) is 11.6 Å². The Morgan fingerprint density at radius 3 is 3.00 bits per heavy atom. The highest BCUT2D eigenvalue weighted by Crippen LogP contribution is 2.30. The summed E-state index contributed by atoms with van der Waals surface area (Å²) in [5.74, 6) is 0.623. The standard InChI is InChI=1S/C19H24ClN3O3/c20-15-4-5-17-13(10-15)9-14(12-26-17)19(25)23-8-2-1-3-16(23)11-22-18(24)6-7-21/h4-5,9-10,16H,1-3,6-8,11-12,21H2,(H,22,24). The number of amides is 2. The summed E-state index contributed by atoms with van der Waals surface area (Å²) in [6.45, 7) is 1.72. The van der Waals surface area contributed by atoms with Crippen molar-refractivity contribution in [2.75, 3.05) is 26.2 Å². The molecule has 0 saturated carbocycles. The molecule has 0 radical (unpaired) electrons. The number of fused-ring (bicyclic) bond motifs is 1. The molecule has 140 valence electrons. The minimum Gasteiger partial charge on any atom is -0.488 e. The lowest BCUT2D eigenvalue weighted by atomic mass is 9.99. The average Bonchev–Trinajstić information content (AvgIpc) is 2.65. The Hall–Kier alpha value is -2.05. The van der Waals surface area contributed by atoms with E-state index in [4.69, 9.17) is 22.1 Å². The van der Waals surface area contributed by atoms with Crippen LogP contribution < -0.4 is 15.8 Å². The Kier molecular flexibility index (Phi) is 6.16. The Labute approximate surface area is 158 Å². The number of nitrogens with one attached hydrogen (secondary N) is 1. The van der Waals surface area contributed by atoms with Crippen LogP contribution in [0.5, 0.6) is 5.75 Å². The quantitative estimate of drug-likeness (QED) is 0.821. The zero-order chi connectivity index (χ0) is 18.5. The van der Waals surface area contributed by atoms with Crippen molar-refractivity contribution >= 4 is 29.5 Å². The first-order chi connectivity index (χ1) is 12.6. The Morgan fingerprint density at radius 1 is 1.35 bits per heavy atom. The van der Waals surface area contributed by atoms with Crippen LogP contribution in [0.1, 0.15) is 31.2 Å². The van der Waals surface area contributed by atoms with Gasteiger partial charge in [0.1, 0.15) is 12.4 Å². The molecule has 0 bridgehead atoms. The van der Waals surface area contributed by atoms with Gasteiger partial charge in [0.25, 0.3) is 5.91 Å². The highest BCUT2D eigenvalue weighted by Gasteiger charge is 2.30. The summed E-state index contributed by atoms with van der Waals surface area (Å²) in [7, 11) is 0. The van der Waals surface area contributed by atoms with Crippen LogP contribution in [0.25, 0.3) is 6.08 Å². The number of carbonyl (C=O) groups is 2. The van der Waals surface area contributed by atoms with Crippen molar-refractivity contribution in [3.8, 4) is 5.75 Å². The predicted octanol–water partition coefficient (Wildman–Crippen LogP) is 1.96. The first-order valence-electron chi connectivity index (χ1n) is 8.99. The molecule has 3 N–H and O–H groups in total. The van der Waals surface area contributed by atoms with Crippen LogP contribution in [0.15, 0.2) is 23.8 Å². The number of ether oxygens (including phenoxy) is 1. The lowest BCUT2D eigenvalue weighted by Crippen LogP contribution is -2.50. The molecule has 3 rings (SSSR count). The van der Waals surface area contributed by atoms with Gasteiger partial charge in [-0.3, -0.25) is 9.59 Å². The van der Waals surface area contributed by atoms with E-state index in [2.05, 4.69) is 5.32 Å². The van der Waals surface area contributed by atoms with Gasteiger partial charge in [0.2, 0.25) is 5.91 Å². The maximum Gasteiger partial charge on any atom is 0.253 e. The summed E-state index contributed by atoms with van der Waals surface area (Å²) >= 11 is 6.04. The van der Waals surface area contributed by atoms with Crippen LogP contribution in [0.4, 0.5) is 0 Å². The van der Waals surface area contributed by atoms with Crippen molar-refractivity contribution in [2.45, 2.75) is 31.7 Å². The third-order valence-corrected chi connectivity index (χ3v) is 4.99. The van der Waals surface area contributed by atoms with Gasteiger partial charge in [0.05, 0.1) is 5.57 Å². The van der Waals surface area contributed by atoms with Gasteiger partial charge in [0.15, 0.2) is 0 Å². The van der Waals surface area contributed by atoms with E-state index in [0.717, 1.165) is 30.6 Å². The summed E-state index contributed by atoms with van der Waals surface area (Å²) in [6, 6.07) is 5.38. The summed E-state index contributed by atoms with van der Waals surface area (Å²) < 4.78 is 5.71. The van der Waals surface area contributed by atoms with E-state index in [1.807, 2.05) is 17.0 Å². The van der Waals surface area contributed by atoms with Crippen molar-refractivity contribution in [3.05, 3.63) is 34.4 Å². The molecule has 2 aliphatic heterocycles. The number of likely N-dealkylation sites (tertiary alicyclic amines) is 1. The third kappa shape index (κ3) is 4.37. The van der Waals surface area contributed by atoms with E-state index in [-0.39, 0.29) is 24.5 Å². The van der Waals surface area contributed by atoms with Gasteiger partial charge in [0, 0.05) is 42.7 Å². The normalized spacial score (nSPS) is 19.2. The van der Waals surface area contributed by atoms with Gasteiger partial charge in [-0.05, 0) is 43.5 Å². The molecule has 7 heteroatoms. The third-order valence-electron chi connectivity index (χ3n) is 4.75. The molecular formula is C19H24ClN3O3. The molecule has 0 spiro atoms. The van der Waals surface area contributed by atoms with Gasteiger partial charge in [-0.2, -0.15) is 0 Å². The number of rotatable bonds is 5. The lowest BCUT2D eigenvalue weighted by Gasteiger charge is -2.37. The van der Waals surface area contributed by atoms with E-state index < -0.39 is 0 Å². The molecule has 2 heterocycles. The van der Waals surface area contributed by atoms with Crippen LogP contribution in [-0.2, 0) is 9.59 Å². The molecule has 1 unspecified atom stereocenters. The maximum atomic E-state index is 13.0. The van der Waals surface area contributed by atoms with E-state index in [0.29, 0.717) is 36.7 Å². The second kappa shape index (κ2) is 8.56. The fourth-order valence-electron chi connectivity index (χ4n) is 3.39. The number of hydrogen-bond acceptors (Lipinski definition) is 4. The topological polar surface area (TPSA) is 84.7 Å². The van der Waals surface area contributed by atoms with Crippen LogP contribution in [0.2, 0.25) is 5.02 Å². The molecular weight excluding hydrogens is 354 g/mol. The number of carbonyl (C=O) groups excluding carboxylic acids is 2. The lowest BCUT2D eigenvalue weighted by molar-refractivity contribution is -0.131. The molecule has 1 saturated heterocycles. The summed E-state index contributed by atoms with van der Waals surface area (Å²) in [6.07, 6.45) is 5.05. The molecule has 2 aliphatic rings. The largest absolute Gasteiger partial charge is 0.488 e. The highest BCUT2D eigenvalue weighted by atomic mass is 35.5. The van der Waals surface area contributed by atoms with Crippen LogP contribution in [0.3, 0.4) is 0 Å². The molecule has 1 aromatic rings. The van der Waals surface area contributed by atoms with Gasteiger partial charge >= 0.3 is 0 Å². The molecule has 1 fully saturated rings. The number of benzene rings is 1. The van der Waals surface area contributed by atoms with E-state index in [1.54, 1.807) is 12.1 Å². The zero-order valence-electron chi connectivity index (χ0n) is 14.7. The maximum absolute atomic E-state index is 13.0. The highest BCUT2D eigenvalue weighted by molar-refractivity contribution is 6.30. The van der Waals surface area contributed by atoms with E-state index >= 15 is 0 Å². The fraction of sp³-hybridized carbons (Fsp3) is 0.474. The van der Waals surface area contributed by atoms with Crippen LogP contribution in [-0.4, -0.2) is 49.0 Å². The molecule has 1 aromatic carbocycles. The molecule has 1 atom stereocenters. The first-order valence-corrected chi connectivity index (χ1v) is 9.37. The second-order valence-corrected chi connectivity index (χ2v) is 7.07. The SMILES string of the molecule is NCCC(=O)NCC1CCCCN1C(=O)C1=Cc2cc(Cl)ccc2OC1. The van der Waals surface area contributed by atoms with Gasteiger partial charge < -0.3 is 20.7 Å². The summed E-state index contributed by atoms with van der Waals surface area (Å²) in [5, 5.41) is 3.49. The van der Waals surface area contributed by atoms with Gasteiger partial charge in [-0.25, -0.2) is 0 Å². The van der Waals surface area contributed by atoms with Crippen LogP contribution >= 0.6 is 11.6 Å². The Morgan fingerprint density at radius 2 is 2.19 bits per heavy atom. The second-order valence-electron chi connectivity index (χ2n) is 6.63. The zero-order valence-corrected chi connectivity index (χ0v) is 15.4. The number of hydrogen-bond donors (Lipinski definition) is 2. The molecule has 0 aliphatic carbocycles. The number of piperidine rings is 1. The smallest absolute Gasteiger partial charge is 0.253 e. The van der Waals surface area contributed by atoms with E-state index in [9.17, 15) is 9.59 Å². The summed E-state index contributed by atoms with van der Waals surface area (Å²) in [5.41, 5.74) is 6.83. The molecule has 26 heavy (non-hydrogen) atoms. The van der Waals surface area contributed by atoms with Crippen molar-refractivity contribution in [1.29, 1.82) is 0 Å². The molecule has 6 nitrogen and oxygen atoms in total. The fourth-order valence-corrected chi connectivity index (χ4v) is 3.57. The molecule has 2 amide bonds. The summed E-state index contributed by atoms with van der Waals surface area (Å²) in [4.78, 5) is 26.6. The average molecular weight is 378 g/mol. The van der Waals surface area contributed by atoms with Crippen molar-refractivity contribution in [1.82, 2.24) is 10.2 Å². The number of nitrogens with zero attached hydrogens (tertiary/aromatic N) is 1. The van der Waals surface area contributed by atoms with Crippen molar-refractivity contribution in [2.24, 2.45) is 5.73 Å². The number of nitrogens with two attached hydrogens (primary N) is 1. The van der Waals surface area contributed by atoms with Crippen molar-refractivity contribution < 1.29 is 14.3 Å². The van der Waals surface area contributed by atoms with Gasteiger partial charge in [-0.15, -0.1) is 0 Å². The van der Waals surface area contributed by atoms with Crippen molar-refractivity contribution in [3.63, 3.8) is 0 Å². The molecule has 0 aromatic heterocycles. The predicted molar refractivity (Wildman–Crippen MR) is 101 cm³/mol. The Balaban J connectivity index is 1.71. The monoisotopic (exact) mass is 377 g/mol.